The van der Waals surface area contributed by atoms with Crippen molar-refractivity contribution in [3.63, 3.8) is 0 Å². The lowest BCUT2D eigenvalue weighted by molar-refractivity contribution is 0.414. The largest absolute Gasteiger partial charge is 0.497 e. The molecule has 3 aromatic heterocycles. The highest BCUT2D eigenvalue weighted by Gasteiger charge is 2.11. The molecule has 2 N–H and O–H groups in total. The van der Waals surface area contributed by atoms with Crippen molar-refractivity contribution < 1.29 is 4.74 Å². The van der Waals surface area contributed by atoms with E-state index in [-0.39, 0.29) is 0 Å². The van der Waals surface area contributed by atoms with Crippen LogP contribution in [0.15, 0.2) is 42.6 Å². The van der Waals surface area contributed by atoms with E-state index in [1.54, 1.807) is 13.3 Å². The third-order valence-corrected chi connectivity index (χ3v) is 3.73. The number of tetrazole rings is 1. The molecule has 0 saturated carbocycles. The molecular formula is C16H14N6O. The lowest BCUT2D eigenvalue weighted by atomic mass is 10.1. The summed E-state index contributed by atoms with van der Waals surface area (Å²) in [7, 11) is 1.66. The maximum absolute atomic E-state index is 5.18. The Kier molecular flexibility index (Phi) is 3.23. The fourth-order valence-corrected chi connectivity index (χ4v) is 2.61. The van der Waals surface area contributed by atoms with Crippen molar-refractivity contribution in [3.8, 4) is 17.1 Å². The Labute approximate surface area is 131 Å². The Balaban J connectivity index is 1.70. The first-order valence-electron chi connectivity index (χ1n) is 7.17. The van der Waals surface area contributed by atoms with Crippen LogP contribution < -0.4 is 4.74 Å². The Morgan fingerprint density at radius 1 is 1.13 bits per heavy atom. The molecule has 0 fully saturated rings. The summed E-state index contributed by atoms with van der Waals surface area (Å²) < 4.78 is 5.18. The van der Waals surface area contributed by atoms with Gasteiger partial charge in [0.2, 0.25) is 0 Å². The van der Waals surface area contributed by atoms with Crippen LogP contribution in [-0.2, 0) is 6.42 Å². The highest BCUT2D eigenvalue weighted by molar-refractivity contribution is 5.90. The van der Waals surface area contributed by atoms with Crippen molar-refractivity contribution >= 4 is 11.0 Å². The van der Waals surface area contributed by atoms with Crippen LogP contribution in [-0.4, -0.2) is 37.7 Å². The number of aromatic nitrogens is 6. The predicted molar refractivity (Wildman–Crippen MR) is 85.1 cm³/mol. The molecule has 0 saturated heterocycles. The number of pyridine rings is 1. The van der Waals surface area contributed by atoms with E-state index in [9.17, 15) is 0 Å². The second-order valence-electron chi connectivity index (χ2n) is 5.19. The van der Waals surface area contributed by atoms with Gasteiger partial charge in [-0.2, -0.15) is 0 Å². The van der Waals surface area contributed by atoms with E-state index in [0.717, 1.165) is 34.5 Å². The molecule has 0 spiro atoms. The summed E-state index contributed by atoms with van der Waals surface area (Å²) in [5.74, 6) is 1.47. The maximum atomic E-state index is 5.18. The van der Waals surface area contributed by atoms with Gasteiger partial charge in [0.05, 0.1) is 18.1 Å². The van der Waals surface area contributed by atoms with E-state index in [1.165, 1.54) is 5.56 Å². The summed E-state index contributed by atoms with van der Waals surface area (Å²) in [6.07, 6.45) is 2.54. The van der Waals surface area contributed by atoms with E-state index < -0.39 is 0 Å². The van der Waals surface area contributed by atoms with Gasteiger partial charge in [-0.1, -0.05) is 12.1 Å². The van der Waals surface area contributed by atoms with Crippen LogP contribution in [0.25, 0.3) is 22.4 Å². The molecule has 7 heteroatoms. The monoisotopic (exact) mass is 306 g/mol. The summed E-state index contributed by atoms with van der Waals surface area (Å²) in [6, 6.07) is 12.0. The van der Waals surface area contributed by atoms with Gasteiger partial charge in [0.1, 0.15) is 5.75 Å². The second-order valence-corrected chi connectivity index (χ2v) is 5.19. The highest BCUT2D eigenvalue weighted by Crippen LogP contribution is 2.25. The lowest BCUT2D eigenvalue weighted by Crippen LogP contribution is -1.89. The first kappa shape index (κ1) is 13.4. The Morgan fingerprint density at radius 3 is 2.74 bits per heavy atom. The Bertz CT molecular complexity index is 927. The smallest absolute Gasteiger partial charge is 0.181 e. The predicted octanol–water partition coefficient (Wildman–Crippen LogP) is 2.34. The lowest BCUT2D eigenvalue weighted by Gasteiger charge is -2.02. The van der Waals surface area contributed by atoms with Crippen molar-refractivity contribution in [1.82, 2.24) is 30.6 Å². The zero-order chi connectivity index (χ0) is 15.6. The van der Waals surface area contributed by atoms with Crippen LogP contribution in [0, 0.1) is 0 Å². The molecule has 1 aromatic carbocycles. The van der Waals surface area contributed by atoms with Gasteiger partial charge in [0.25, 0.3) is 0 Å². The number of methoxy groups -OCH3 is 1. The molecule has 7 nitrogen and oxygen atoms in total. The zero-order valence-electron chi connectivity index (χ0n) is 12.4. The Morgan fingerprint density at radius 2 is 2.00 bits per heavy atom. The van der Waals surface area contributed by atoms with Gasteiger partial charge in [-0.05, 0) is 40.3 Å². The molecule has 114 valence electrons. The number of fused-ring (bicyclic) bond motifs is 1. The molecule has 0 atom stereocenters. The topological polar surface area (TPSA) is 92.4 Å². The number of benzene rings is 1. The molecular weight excluding hydrogens is 292 g/mol. The molecule has 3 heterocycles. The maximum Gasteiger partial charge on any atom is 0.181 e. The molecule has 0 aliphatic rings. The standard InChI is InChI=1S/C16H14N6O/c1-23-12-4-2-10(3-5-12)8-11-9-14-15(18-11)13(6-7-17-14)16-19-21-22-20-16/h2-7,9,18H,8H2,1H3,(H,19,20,21,22). The summed E-state index contributed by atoms with van der Waals surface area (Å²) in [5, 5.41) is 14.0. The van der Waals surface area contributed by atoms with E-state index >= 15 is 0 Å². The van der Waals surface area contributed by atoms with E-state index in [4.69, 9.17) is 4.74 Å². The van der Waals surface area contributed by atoms with Gasteiger partial charge in [-0.25, -0.2) is 5.10 Å². The van der Waals surface area contributed by atoms with Crippen molar-refractivity contribution in [2.24, 2.45) is 0 Å². The fourth-order valence-electron chi connectivity index (χ4n) is 2.61. The first-order valence-corrected chi connectivity index (χ1v) is 7.17. The van der Waals surface area contributed by atoms with E-state index in [0.29, 0.717) is 5.82 Å². The van der Waals surface area contributed by atoms with Crippen LogP contribution in [0.3, 0.4) is 0 Å². The third kappa shape index (κ3) is 2.52. The van der Waals surface area contributed by atoms with Crippen molar-refractivity contribution in [1.29, 1.82) is 0 Å². The molecule has 0 unspecified atom stereocenters. The number of ether oxygens (including phenoxy) is 1. The minimum atomic E-state index is 0.621. The van der Waals surface area contributed by atoms with E-state index in [2.05, 4.69) is 42.7 Å². The zero-order valence-corrected chi connectivity index (χ0v) is 12.4. The normalized spacial score (nSPS) is 11.0. The van der Waals surface area contributed by atoms with E-state index in [1.807, 2.05) is 24.3 Å². The molecule has 0 bridgehead atoms. The number of hydrogen-bond acceptors (Lipinski definition) is 5. The minimum Gasteiger partial charge on any atom is -0.497 e. The third-order valence-electron chi connectivity index (χ3n) is 3.73. The first-order chi connectivity index (χ1) is 11.3. The molecule has 23 heavy (non-hydrogen) atoms. The van der Waals surface area contributed by atoms with Crippen molar-refractivity contribution in [2.75, 3.05) is 7.11 Å². The van der Waals surface area contributed by atoms with Gasteiger partial charge in [0.15, 0.2) is 5.82 Å². The van der Waals surface area contributed by atoms with Crippen molar-refractivity contribution in [2.45, 2.75) is 6.42 Å². The number of aromatic amines is 2. The summed E-state index contributed by atoms with van der Waals surface area (Å²) in [5.41, 5.74) is 5.00. The van der Waals surface area contributed by atoms with Crippen LogP contribution in [0.4, 0.5) is 0 Å². The molecule has 0 radical (unpaired) electrons. The van der Waals surface area contributed by atoms with Gasteiger partial charge < -0.3 is 9.72 Å². The van der Waals surface area contributed by atoms with Crippen LogP contribution >= 0.6 is 0 Å². The number of rotatable bonds is 4. The van der Waals surface area contributed by atoms with Crippen LogP contribution in [0.5, 0.6) is 5.75 Å². The summed E-state index contributed by atoms with van der Waals surface area (Å²) >= 11 is 0. The number of H-pyrrole nitrogens is 2. The van der Waals surface area contributed by atoms with Gasteiger partial charge in [-0.3, -0.25) is 4.98 Å². The fraction of sp³-hybridized carbons (Fsp3) is 0.125. The molecule has 0 aliphatic heterocycles. The quantitative estimate of drug-likeness (QED) is 0.603. The average molecular weight is 306 g/mol. The van der Waals surface area contributed by atoms with Gasteiger partial charge >= 0.3 is 0 Å². The van der Waals surface area contributed by atoms with Crippen molar-refractivity contribution in [3.05, 3.63) is 53.9 Å². The number of hydrogen-bond donors (Lipinski definition) is 2. The molecule has 4 aromatic rings. The minimum absolute atomic E-state index is 0.621. The molecule has 0 aliphatic carbocycles. The highest BCUT2D eigenvalue weighted by atomic mass is 16.5. The number of nitrogens with one attached hydrogen (secondary N) is 2. The number of nitrogens with zero attached hydrogens (tertiary/aromatic N) is 4. The summed E-state index contributed by atoms with van der Waals surface area (Å²) in [4.78, 5) is 7.83. The van der Waals surface area contributed by atoms with Gasteiger partial charge in [-0.15, -0.1) is 5.10 Å². The van der Waals surface area contributed by atoms with Crippen LogP contribution in [0.1, 0.15) is 11.3 Å². The Hall–Kier alpha value is -3.22. The molecule has 4 rings (SSSR count). The summed E-state index contributed by atoms with van der Waals surface area (Å²) in [6.45, 7) is 0. The SMILES string of the molecule is COc1ccc(Cc2cc3nccc(-c4nnn[nH]4)c3[nH]2)cc1. The molecule has 0 amide bonds. The average Bonchev–Trinajstić information content (AvgIpc) is 3.24. The van der Waals surface area contributed by atoms with Crippen LogP contribution in [0.2, 0.25) is 0 Å². The second kappa shape index (κ2) is 5.53. The van der Waals surface area contributed by atoms with Gasteiger partial charge in [0, 0.05) is 23.9 Å².